The van der Waals surface area contributed by atoms with Crippen LogP contribution in [0.25, 0.3) is 0 Å². The van der Waals surface area contributed by atoms with E-state index in [0.717, 1.165) is 38.8 Å². The predicted molar refractivity (Wildman–Crippen MR) is 62.6 cm³/mol. The van der Waals surface area contributed by atoms with E-state index in [0.29, 0.717) is 6.61 Å². The first-order chi connectivity index (χ1) is 8.22. The summed E-state index contributed by atoms with van der Waals surface area (Å²) in [5.41, 5.74) is 0. The molecule has 2 rings (SSSR count). The van der Waals surface area contributed by atoms with Crippen LogP contribution in [0.2, 0.25) is 0 Å². The Labute approximate surface area is 102 Å². The number of ether oxygens (including phenoxy) is 1. The first-order valence-electron chi connectivity index (χ1n) is 6.43. The highest BCUT2D eigenvalue weighted by Gasteiger charge is 2.36. The third-order valence-electron chi connectivity index (χ3n) is 3.21. The van der Waals surface area contributed by atoms with Gasteiger partial charge < -0.3 is 14.5 Å². The second kappa shape index (κ2) is 5.38. The first kappa shape index (κ1) is 12.2. The SMILES string of the molecule is CCOC(=O)CN(C(=O)N1CCCC1)C1CC1. The van der Waals surface area contributed by atoms with E-state index in [1.54, 1.807) is 11.8 Å². The molecule has 5 heteroatoms. The molecule has 1 heterocycles. The molecule has 2 aliphatic rings. The van der Waals surface area contributed by atoms with Gasteiger partial charge in [0, 0.05) is 19.1 Å². The van der Waals surface area contributed by atoms with Crippen molar-refractivity contribution in [3.8, 4) is 0 Å². The van der Waals surface area contributed by atoms with Crippen molar-refractivity contribution in [2.75, 3.05) is 26.2 Å². The molecule has 0 spiro atoms. The number of carbonyl (C=O) groups excluding carboxylic acids is 2. The fourth-order valence-electron chi connectivity index (χ4n) is 2.17. The molecule has 1 aliphatic heterocycles. The molecular formula is C12H20N2O3. The smallest absolute Gasteiger partial charge is 0.325 e. The maximum Gasteiger partial charge on any atom is 0.325 e. The fraction of sp³-hybridized carbons (Fsp3) is 0.833. The number of likely N-dealkylation sites (tertiary alicyclic amines) is 1. The summed E-state index contributed by atoms with van der Waals surface area (Å²) in [6.45, 7) is 3.90. The topological polar surface area (TPSA) is 49.9 Å². The van der Waals surface area contributed by atoms with E-state index in [1.807, 2.05) is 4.90 Å². The quantitative estimate of drug-likeness (QED) is 0.694. The van der Waals surface area contributed by atoms with Crippen molar-refractivity contribution in [3.05, 3.63) is 0 Å². The van der Waals surface area contributed by atoms with Crippen LogP contribution in [0, 0.1) is 0 Å². The summed E-state index contributed by atoms with van der Waals surface area (Å²) in [6, 6.07) is 0.269. The van der Waals surface area contributed by atoms with Crippen molar-refractivity contribution in [2.45, 2.75) is 38.6 Å². The number of urea groups is 1. The summed E-state index contributed by atoms with van der Waals surface area (Å²) in [5, 5.41) is 0. The predicted octanol–water partition coefficient (Wildman–Crippen LogP) is 1.23. The number of carbonyl (C=O) groups is 2. The molecule has 1 aliphatic carbocycles. The third kappa shape index (κ3) is 3.11. The van der Waals surface area contributed by atoms with Crippen LogP contribution in [0.1, 0.15) is 32.6 Å². The molecule has 17 heavy (non-hydrogen) atoms. The average Bonchev–Trinajstić information content (AvgIpc) is 3.00. The van der Waals surface area contributed by atoms with Gasteiger partial charge in [0.1, 0.15) is 6.54 Å². The molecule has 0 aromatic carbocycles. The van der Waals surface area contributed by atoms with E-state index in [1.165, 1.54) is 0 Å². The van der Waals surface area contributed by atoms with E-state index < -0.39 is 0 Å². The normalized spacial score (nSPS) is 19.2. The Morgan fingerprint density at radius 1 is 1.29 bits per heavy atom. The Balaban J connectivity index is 1.91. The van der Waals surface area contributed by atoms with Crippen LogP contribution in [0.15, 0.2) is 0 Å². The molecule has 0 N–H and O–H groups in total. The molecule has 1 saturated heterocycles. The van der Waals surface area contributed by atoms with Crippen molar-refractivity contribution in [1.29, 1.82) is 0 Å². The van der Waals surface area contributed by atoms with Crippen molar-refractivity contribution in [2.24, 2.45) is 0 Å². The lowest BCUT2D eigenvalue weighted by Crippen LogP contribution is -2.45. The lowest BCUT2D eigenvalue weighted by atomic mass is 10.4. The van der Waals surface area contributed by atoms with Gasteiger partial charge in [0.25, 0.3) is 0 Å². The van der Waals surface area contributed by atoms with Crippen LogP contribution in [-0.2, 0) is 9.53 Å². The second-order valence-corrected chi connectivity index (χ2v) is 4.64. The molecule has 0 aromatic heterocycles. The largest absolute Gasteiger partial charge is 0.465 e. The number of nitrogens with zero attached hydrogens (tertiary/aromatic N) is 2. The minimum absolute atomic E-state index is 0.0121. The maximum absolute atomic E-state index is 12.2. The van der Waals surface area contributed by atoms with Gasteiger partial charge in [-0.25, -0.2) is 4.79 Å². The zero-order valence-corrected chi connectivity index (χ0v) is 10.4. The van der Waals surface area contributed by atoms with Gasteiger partial charge in [0.05, 0.1) is 6.61 Å². The molecule has 1 saturated carbocycles. The van der Waals surface area contributed by atoms with Gasteiger partial charge in [0.2, 0.25) is 0 Å². The van der Waals surface area contributed by atoms with E-state index >= 15 is 0 Å². The summed E-state index contributed by atoms with van der Waals surface area (Å²) in [7, 11) is 0. The van der Waals surface area contributed by atoms with Gasteiger partial charge in [-0.05, 0) is 32.6 Å². The van der Waals surface area contributed by atoms with Crippen molar-refractivity contribution in [1.82, 2.24) is 9.80 Å². The minimum Gasteiger partial charge on any atom is -0.465 e. The van der Waals surface area contributed by atoms with Crippen LogP contribution in [-0.4, -0.2) is 54.1 Å². The van der Waals surface area contributed by atoms with E-state index in [-0.39, 0.29) is 24.6 Å². The lowest BCUT2D eigenvalue weighted by Gasteiger charge is -2.27. The average molecular weight is 240 g/mol. The second-order valence-electron chi connectivity index (χ2n) is 4.64. The Morgan fingerprint density at radius 2 is 1.94 bits per heavy atom. The van der Waals surface area contributed by atoms with E-state index in [2.05, 4.69) is 0 Å². The Bertz CT molecular complexity index is 296. The zero-order chi connectivity index (χ0) is 12.3. The standard InChI is InChI=1S/C12H20N2O3/c1-2-17-11(15)9-14(10-5-6-10)12(16)13-7-3-4-8-13/h10H,2-9H2,1H3. The number of hydrogen-bond acceptors (Lipinski definition) is 3. The summed E-state index contributed by atoms with van der Waals surface area (Å²) < 4.78 is 4.91. The molecule has 5 nitrogen and oxygen atoms in total. The highest BCUT2D eigenvalue weighted by atomic mass is 16.5. The summed E-state index contributed by atoms with van der Waals surface area (Å²) in [4.78, 5) is 27.2. The highest BCUT2D eigenvalue weighted by Crippen LogP contribution is 2.28. The van der Waals surface area contributed by atoms with Crippen LogP contribution in [0.3, 0.4) is 0 Å². The number of rotatable bonds is 4. The molecule has 0 atom stereocenters. The Kier molecular flexibility index (Phi) is 3.86. The van der Waals surface area contributed by atoms with Crippen LogP contribution in [0.5, 0.6) is 0 Å². The molecule has 96 valence electrons. The van der Waals surface area contributed by atoms with Gasteiger partial charge in [0.15, 0.2) is 0 Å². The number of hydrogen-bond donors (Lipinski definition) is 0. The summed E-state index contributed by atoms with van der Waals surface area (Å²) >= 11 is 0. The summed E-state index contributed by atoms with van der Waals surface area (Å²) in [5.74, 6) is -0.299. The van der Waals surface area contributed by atoms with Crippen molar-refractivity contribution >= 4 is 12.0 Å². The molecule has 0 radical (unpaired) electrons. The zero-order valence-electron chi connectivity index (χ0n) is 10.4. The molecule has 0 bridgehead atoms. The Morgan fingerprint density at radius 3 is 2.47 bits per heavy atom. The van der Waals surface area contributed by atoms with E-state index in [9.17, 15) is 9.59 Å². The van der Waals surface area contributed by atoms with E-state index in [4.69, 9.17) is 4.74 Å². The van der Waals surface area contributed by atoms with Gasteiger partial charge in [-0.1, -0.05) is 0 Å². The summed E-state index contributed by atoms with van der Waals surface area (Å²) in [6.07, 6.45) is 4.17. The fourth-order valence-corrected chi connectivity index (χ4v) is 2.17. The minimum atomic E-state index is -0.299. The molecule has 2 fully saturated rings. The lowest BCUT2D eigenvalue weighted by molar-refractivity contribution is -0.144. The van der Waals surface area contributed by atoms with Crippen LogP contribution < -0.4 is 0 Å². The Hall–Kier alpha value is -1.26. The third-order valence-corrected chi connectivity index (χ3v) is 3.21. The van der Waals surface area contributed by atoms with Gasteiger partial charge in [-0.3, -0.25) is 4.79 Å². The van der Waals surface area contributed by atoms with Crippen molar-refractivity contribution in [3.63, 3.8) is 0 Å². The highest BCUT2D eigenvalue weighted by molar-refractivity contribution is 5.81. The number of esters is 1. The molecule has 0 aromatic rings. The molecule has 2 amide bonds. The van der Waals surface area contributed by atoms with Crippen molar-refractivity contribution < 1.29 is 14.3 Å². The monoisotopic (exact) mass is 240 g/mol. The van der Waals surface area contributed by atoms with Crippen LogP contribution in [0.4, 0.5) is 4.79 Å². The van der Waals surface area contributed by atoms with Gasteiger partial charge in [-0.15, -0.1) is 0 Å². The van der Waals surface area contributed by atoms with Crippen LogP contribution >= 0.6 is 0 Å². The van der Waals surface area contributed by atoms with Gasteiger partial charge >= 0.3 is 12.0 Å². The number of amides is 2. The maximum atomic E-state index is 12.2. The van der Waals surface area contributed by atoms with Gasteiger partial charge in [-0.2, -0.15) is 0 Å². The first-order valence-corrected chi connectivity index (χ1v) is 6.43. The molecule has 0 unspecified atom stereocenters. The molecular weight excluding hydrogens is 220 g/mol.